The van der Waals surface area contributed by atoms with Crippen LogP contribution < -0.4 is 0 Å². The van der Waals surface area contributed by atoms with Crippen molar-refractivity contribution in [2.24, 2.45) is 0 Å². The molecule has 1 aliphatic carbocycles. The van der Waals surface area contributed by atoms with E-state index in [2.05, 4.69) is 4.98 Å². The Morgan fingerprint density at radius 3 is 2.58 bits per heavy atom. The molecule has 0 amide bonds. The molecular formula is C9H9NO2. The lowest BCUT2D eigenvalue weighted by Crippen LogP contribution is -2.10. The van der Waals surface area contributed by atoms with E-state index in [4.69, 9.17) is 4.74 Å². The highest BCUT2D eigenvalue weighted by atomic mass is 16.5. The first-order chi connectivity index (χ1) is 5.87. The van der Waals surface area contributed by atoms with E-state index in [1.807, 2.05) is 12.1 Å². The van der Waals surface area contributed by atoms with Gasteiger partial charge in [0.25, 0.3) is 6.47 Å². The van der Waals surface area contributed by atoms with E-state index in [9.17, 15) is 4.79 Å². The van der Waals surface area contributed by atoms with Crippen LogP contribution in [-0.2, 0) is 15.1 Å². The van der Waals surface area contributed by atoms with Crippen molar-refractivity contribution >= 4 is 6.47 Å². The van der Waals surface area contributed by atoms with E-state index >= 15 is 0 Å². The summed E-state index contributed by atoms with van der Waals surface area (Å²) < 4.78 is 5.02. The summed E-state index contributed by atoms with van der Waals surface area (Å²) >= 11 is 0. The van der Waals surface area contributed by atoms with Crippen LogP contribution in [0.25, 0.3) is 0 Å². The number of hydrogen-bond donors (Lipinski definition) is 0. The Morgan fingerprint density at radius 1 is 1.42 bits per heavy atom. The van der Waals surface area contributed by atoms with E-state index < -0.39 is 0 Å². The number of nitrogens with zero attached hydrogens (tertiary/aromatic N) is 1. The topological polar surface area (TPSA) is 39.2 Å². The first-order valence-electron chi connectivity index (χ1n) is 3.89. The second kappa shape index (κ2) is 2.59. The van der Waals surface area contributed by atoms with Crippen LogP contribution in [0.1, 0.15) is 18.4 Å². The van der Waals surface area contributed by atoms with Gasteiger partial charge in [-0.05, 0) is 30.5 Å². The molecule has 1 heterocycles. The molecule has 1 aromatic rings. The quantitative estimate of drug-likeness (QED) is 0.629. The minimum atomic E-state index is -0.315. The molecule has 12 heavy (non-hydrogen) atoms. The fraction of sp³-hybridized carbons (Fsp3) is 0.333. The van der Waals surface area contributed by atoms with Crippen molar-refractivity contribution < 1.29 is 9.53 Å². The first-order valence-corrected chi connectivity index (χ1v) is 3.89. The lowest BCUT2D eigenvalue weighted by molar-refractivity contribution is -0.136. The average Bonchev–Trinajstić information content (AvgIpc) is 2.88. The molecule has 0 N–H and O–H groups in total. The highest BCUT2D eigenvalue weighted by Crippen LogP contribution is 2.48. The molecule has 62 valence electrons. The van der Waals surface area contributed by atoms with Gasteiger partial charge in [0, 0.05) is 12.4 Å². The number of carbonyl (C=O) groups excluding carboxylic acids is 1. The Morgan fingerprint density at radius 2 is 2.08 bits per heavy atom. The van der Waals surface area contributed by atoms with Gasteiger partial charge in [-0.25, -0.2) is 0 Å². The standard InChI is InChI=1S/C9H9NO2/c11-7-12-9(3-4-9)8-1-5-10-6-2-8/h1-2,5-7H,3-4H2. The molecule has 0 saturated heterocycles. The third kappa shape index (κ3) is 1.07. The van der Waals surface area contributed by atoms with Crippen LogP contribution in [0.5, 0.6) is 0 Å². The third-order valence-electron chi connectivity index (χ3n) is 2.18. The van der Waals surface area contributed by atoms with E-state index in [0.29, 0.717) is 6.47 Å². The first kappa shape index (κ1) is 7.28. The summed E-state index contributed by atoms with van der Waals surface area (Å²) in [4.78, 5) is 14.1. The van der Waals surface area contributed by atoms with Crippen LogP contribution in [-0.4, -0.2) is 11.5 Å². The monoisotopic (exact) mass is 163 g/mol. The molecule has 0 radical (unpaired) electrons. The number of hydrogen-bond acceptors (Lipinski definition) is 3. The average molecular weight is 163 g/mol. The van der Waals surface area contributed by atoms with Gasteiger partial charge in [0.2, 0.25) is 0 Å². The lowest BCUT2D eigenvalue weighted by atomic mass is 10.1. The number of rotatable bonds is 3. The molecule has 1 saturated carbocycles. The van der Waals surface area contributed by atoms with Crippen LogP contribution in [0, 0.1) is 0 Å². The highest BCUT2D eigenvalue weighted by Gasteiger charge is 2.46. The Bertz CT molecular complexity index is 280. The summed E-state index contributed by atoms with van der Waals surface area (Å²) in [5.74, 6) is 0. The maximum Gasteiger partial charge on any atom is 0.293 e. The summed E-state index contributed by atoms with van der Waals surface area (Å²) in [6, 6.07) is 3.77. The van der Waals surface area contributed by atoms with Crippen LogP contribution in [0.15, 0.2) is 24.5 Å². The zero-order valence-corrected chi connectivity index (χ0v) is 6.56. The Balaban J connectivity index is 2.25. The van der Waals surface area contributed by atoms with Gasteiger partial charge in [0.05, 0.1) is 0 Å². The van der Waals surface area contributed by atoms with Crippen molar-refractivity contribution in [3.63, 3.8) is 0 Å². The van der Waals surface area contributed by atoms with E-state index in [1.165, 1.54) is 0 Å². The molecule has 0 spiro atoms. The summed E-state index contributed by atoms with van der Waals surface area (Å²) in [6.07, 6.45) is 5.28. The van der Waals surface area contributed by atoms with Crippen molar-refractivity contribution in [1.82, 2.24) is 4.98 Å². The van der Waals surface area contributed by atoms with Gasteiger partial charge >= 0.3 is 0 Å². The van der Waals surface area contributed by atoms with Gasteiger partial charge in [0.15, 0.2) is 0 Å². The van der Waals surface area contributed by atoms with Crippen LogP contribution in [0.2, 0.25) is 0 Å². The summed E-state index contributed by atoms with van der Waals surface area (Å²) in [6.45, 7) is 0.521. The van der Waals surface area contributed by atoms with Crippen molar-refractivity contribution in [2.45, 2.75) is 18.4 Å². The fourth-order valence-corrected chi connectivity index (χ4v) is 1.34. The maximum atomic E-state index is 10.2. The molecule has 0 aliphatic heterocycles. The minimum absolute atomic E-state index is 0.315. The molecule has 0 aromatic carbocycles. The number of pyridine rings is 1. The smallest absolute Gasteiger partial charge is 0.293 e. The molecule has 0 atom stereocenters. The Labute approximate surface area is 70.4 Å². The van der Waals surface area contributed by atoms with Crippen molar-refractivity contribution in [2.75, 3.05) is 0 Å². The second-order valence-corrected chi connectivity index (χ2v) is 2.94. The molecule has 0 unspecified atom stereocenters. The minimum Gasteiger partial charge on any atom is -0.456 e. The predicted molar refractivity (Wildman–Crippen MR) is 42.3 cm³/mol. The van der Waals surface area contributed by atoms with Crippen molar-refractivity contribution in [3.8, 4) is 0 Å². The molecule has 1 aliphatic rings. The summed E-state index contributed by atoms with van der Waals surface area (Å²) in [5, 5.41) is 0. The van der Waals surface area contributed by atoms with Crippen molar-refractivity contribution in [3.05, 3.63) is 30.1 Å². The van der Waals surface area contributed by atoms with Gasteiger partial charge in [0.1, 0.15) is 5.60 Å². The van der Waals surface area contributed by atoms with Gasteiger partial charge in [-0.2, -0.15) is 0 Å². The normalized spacial score (nSPS) is 18.3. The number of carbonyl (C=O) groups is 1. The molecule has 3 nitrogen and oxygen atoms in total. The van der Waals surface area contributed by atoms with E-state index in [1.54, 1.807) is 12.4 Å². The van der Waals surface area contributed by atoms with Crippen LogP contribution in [0.4, 0.5) is 0 Å². The molecular weight excluding hydrogens is 154 g/mol. The molecule has 0 bridgehead atoms. The van der Waals surface area contributed by atoms with Gasteiger partial charge in [-0.15, -0.1) is 0 Å². The molecule has 2 rings (SSSR count). The largest absolute Gasteiger partial charge is 0.456 e. The van der Waals surface area contributed by atoms with E-state index in [-0.39, 0.29) is 5.60 Å². The van der Waals surface area contributed by atoms with Crippen LogP contribution >= 0.6 is 0 Å². The zero-order chi connectivity index (χ0) is 8.44. The van der Waals surface area contributed by atoms with Gasteiger partial charge in [-0.3, -0.25) is 9.78 Å². The Hall–Kier alpha value is -1.38. The number of aromatic nitrogens is 1. The SMILES string of the molecule is O=COC1(c2ccncc2)CC1. The molecule has 3 heteroatoms. The molecule has 1 fully saturated rings. The van der Waals surface area contributed by atoms with Crippen molar-refractivity contribution in [1.29, 1.82) is 0 Å². The summed E-state index contributed by atoms with van der Waals surface area (Å²) in [7, 11) is 0. The Kier molecular flexibility index (Phi) is 1.57. The second-order valence-electron chi connectivity index (χ2n) is 2.94. The highest BCUT2D eigenvalue weighted by molar-refractivity contribution is 5.42. The number of ether oxygens (including phenoxy) is 1. The fourth-order valence-electron chi connectivity index (χ4n) is 1.34. The third-order valence-corrected chi connectivity index (χ3v) is 2.18. The van der Waals surface area contributed by atoms with Crippen LogP contribution in [0.3, 0.4) is 0 Å². The molecule has 1 aromatic heterocycles. The van der Waals surface area contributed by atoms with Gasteiger partial charge < -0.3 is 4.74 Å². The summed E-state index contributed by atoms with van der Waals surface area (Å²) in [5.41, 5.74) is 0.731. The zero-order valence-electron chi connectivity index (χ0n) is 6.56. The maximum absolute atomic E-state index is 10.2. The van der Waals surface area contributed by atoms with Gasteiger partial charge in [-0.1, -0.05) is 0 Å². The van der Waals surface area contributed by atoms with E-state index in [0.717, 1.165) is 18.4 Å². The predicted octanol–water partition coefficient (Wildman–Crippen LogP) is 1.24. The lowest BCUT2D eigenvalue weighted by Gasteiger charge is -2.12.